The smallest absolute Gasteiger partial charge is 0.262 e. The number of halogens is 2. The van der Waals surface area contributed by atoms with Gasteiger partial charge in [0.25, 0.3) is 5.91 Å². The van der Waals surface area contributed by atoms with Gasteiger partial charge >= 0.3 is 0 Å². The second kappa shape index (κ2) is 20.7. The number of benzene rings is 8. The maximum absolute atomic E-state index is 14.5. The van der Waals surface area contributed by atoms with Crippen molar-refractivity contribution < 1.29 is 23.9 Å². The molecule has 0 heterocycles. The number of anilines is 2. The number of carbonyl (C=O) groups is 2. The first-order valence-electron chi connectivity index (χ1n) is 23.3. The molecule has 0 aromatic heterocycles. The van der Waals surface area contributed by atoms with Crippen LogP contribution in [0.4, 0.5) is 34.1 Å². The number of ketones is 1. The van der Waals surface area contributed by atoms with E-state index >= 15 is 0 Å². The second-order valence-electron chi connectivity index (χ2n) is 16.7. The Morgan fingerprint density at radius 3 is 1.63 bits per heavy atom. The Bertz CT molecular complexity index is 3410. The zero-order valence-corrected chi connectivity index (χ0v) is 41.2. The van der Waals surface area contributed by atoms with Gasteiger partial charge < -0.3 is 14.4 Å². The molecule has 8 aromatic rings. The number of hydrogen-bond donors (Lipinski definition) is 0. The van der Waals surface area contributed by atoms with E-state index in [1.54, 1.807) is 22.1 Å². The summed E-state index contributed by atoms with van der Waals surface area (Å²) in [6, 6.07) is 41.9. The molecule has 0 saturated heterocycles. The van der Waals surface area contributed by atoms with E-state index in [0.29, 0.717) is 86.4 Å². The van der Waals surface area contributed by atoms with Crippen LogP contribution in [0.1, 0.15) is 70.7 Å². The molecule has 0 unspecified atom stereocenters. The molecule has 8 aromatic carbocycles. The topological polar surface area (TPSA) is 118 Å². The molecule has 0 saturated carbocycles. The molecule has 0 bridgehead atoms. The minimum Gasteiger partial charge on any atom is -0.491 e. The largest absolute Gasteiger partial charge is 0.491 e. The van der Waals surface area contributed by atoms with E-state index in [1.165, 1.54) is 0 Å². The lowest BCUT2D eigenvalue weighted by atomic mass is 10.0. The van der Waals surface area contributed by atoms with E-state index in [-0.39, 0.29) is 24.9 Å². The van der Waals surface area contributed by atoms with Crippen LogP contribution in [-0.4, -0.2) is 38.0 Å². The molecule has 9 rings (SSSR count). The number of aryl methyl sites for hydroxylation is 2. The summed E-state index contributed by atoms with van der Waals surface area (Å²) < 4.78 is 12.5. The SMILES string of the molecule is CCOc1c(CON(CC)c2ccc(C)cc2Cl)cc2ccccc2c1N=Nc1ccc2c(c1)C(=O)c1cc(N=Nc3c(OCC)c(C(=O)N(CC)c4ccc(C)cc4Cl)cc4ccccc34)ccc1-2. The van der Waals surface area contributed by atoms with Crippen LogP contribution in [0.5, 0.6) is 11.5 Å². The normalized spacial score (nSPS) is 12.0. The van der Waals surface area contributed by atoms with Crippen molar-refractivity contribution in [2.75, 3.05) is 36.3 Å². The Hall–Kier alpha value is -7.44. The van der Waals surface area contributed by atoms with Gasteiger partial charge in [0.1, 0.15) is 18.0 Å². The quantitative estimate of drug-likeness (QED) is 0.0703. The first-order valence-corrected chi connectivity index (χ1v) is 24.0. The van der Waals surface area contributed by atoms with Gasteiger partial charge in [-0.1, -0.05) is 96.0 Å². The van der Waals surface area contributed by atoms with Gasteiger partial charge in [-0.25, -0.2) is 0 Å². The fraction of sp³-hybridized carbons (Fsp3) is 0.193. The lowest BCUT2D eigenvalue weighted by Crippen LogP contribution is -2.31. The lowest BCUT2D eigenvalue weighted by molar-refractivity contribution is 0.0953. The van der Waals surface area contributed by atoms with Crippen LogP contribution in [0.3, 0.4) is 0 Å². The molecule has 1 amide bonds. The van der Waals surface area contributed by atoms with Crippen molar-refractivity contribution in [1.29, 1.82) is 0 Å². The number of ether oxygens (including phenoxy) is 2. The van der Waals surface area contributed by atoms with Gasteiger partial charge in [-0.05, 0) is 135 Å². The first kappa shape index (κ1) is 47.6. The first-order chi connectivity index (χ1) is 34.0. The maximum Gasteiger partial charge on any atom is 0.262 e. The molecular formula is C57H50Cl2N6O5. The lowest BCUT2D eigenvalue weighted by Gasteiger charge is -2.24. The molecule has 13 heteroatoms. The van der Waals surface area contributed by atoms with E-state index in [1.807, 2.05) is 163 Å². The van der Waals surface area contributed by atoms with E-state index in [9.17, 15) is 9.59 Å². The van der Waals surface area contributed by atoms with Crippen molar-refractivity contribution in [2.24, 2.45) is 20.5 Å². The van der Waals surface area contributed by atoms with Crippen LogP contribution in [0.25, 0.3) is 32.7 Å². The summed E-state index contributed by atoms with van der Waals surface area (Å²) in [5.41, 5.74) is 8.96. The third kappa shape index (κ3) is 9.35. The summed E-state index contributed by atoms with van der Waals surface area (Å²) in [5, 5.41) is 25.1. The van der Waals surface area contributed by atoms with E-state index in [4.69, 9.17) is 52.9 Å². The number of hydroxylamine groups is 1. The van der Waals surface area contributed by atoms with Gasteiger partial charge in [0, 0.05) is 40.6 Å². The van der Waals surface area contributed by atoms with Crippen LogP contribution >= 0.6 is 23.2 Å². The predicted octanol–water partition coefficient (Wildman–Crippen LogP) is 16.4. The fourth-order valence-corrected chi connectivity index (χ4v) is 9.49. The highest BCUT2D eigenvalue weighted by molar-refractivity contribution is 6.34. The third-order valence-corrected chi connectivity index (χ3v) is 12.7. The minimum absolute atomic E-state index is 0.171. The Labute approximate surface area is 416 Å². The summed E-state index contributed by atoms with van der Waals surface area (Å²) in [5.74, 6) is 0.396. The zero-order valence-electron chi connectivity index (χ0n) is 39.7. The number of amides is 1. The van der Waals surface area contributed by atoms with Crippen molar-refractivity contribution in [3.8, 4) is 22.6 Å². The van der Waals surface area contributed by atoms with Gasteiger partial charge in [0.05, 0.1) is 51.6 Å². The number of nitrogens with zero attached hydrogens (tertiary/aromatic N) is 6. The highest BCUT2D eigenvalue weighted by Gasteiger charge is 2.29. The van der Waals surface area contributed by atoms with E-state index in [0.717, 1.165) is 55.0 Å². The van der Waals surface area contributed by atoms with Crippen molar-refractivity contribution in [3.05, 3.63) is 177 Å². The number of azo groups is 2. The van der Waals surface area contributed by atoms with E-state index < -0.39 is 0 Å². The molecule has 11 nitrogen and oxygen atoms in total. The number of carbonyl (C=O) groups excluding carboxylic acids is 2. The summed E-state index contributed by atoms with van der Waals surface area (Å²) in [7, 11) is 0. The summed E-state index contributed by atoms with van der Waals surface area (Å²) in [6.45, 7) is 13.4. The molecule has 1 aliphatic carbocycles. The number of rotatable bonds is 16. The molecule has 0 aliphatic heterocycles. The summed E-state index contributed by atoms with van der Waals surface area (Å²) in [4.78, 5) is 36.7. The van der Waals surface area contributed by atoms with Crippen LogP contribution in [0, 0.1) is 13.8 Å². The number of fused-ring (bicyclic) bond motifs is 5. The van der Waals surface area contributed by atoms with Gasteiger partial charge in [-0.2, -0.15) is 10.2 Å². The molecule has 0 spiro atoms. The molecule has 0 atom stereocenters. The average molecular weight is 970 g/mol. The van der Waals surface area contributed by atoms with Gasteiger partial charge in [-0.15, -0.1) is 10.2 Å². The molecule has 0 N–H and O–H groups in total. The van der Waals surface area contributed by atoms with Crippen molar-refractivity contribution in [2.45, 2.75) is 48.1 Å². The molecule has 0 fully saturated rings. The third-order valence-electron chi connectivity index (χ3n) is 12.1. The Balaban J connectivity index is 1.01. The molecule has 70 heavy (non-hydrogen) atoms. The monoisotopic (exact) mass is 968 g/mol. The van der Waals surface area contributed by atoms with Gasteiger partial charge in [-0.3, -0.25) is 19.5 Å². The summed E-state index contributed by atoms with van der Waals surface area (Å²) >= 11 is 13.3. The van der Waals surface area contributed by atoms with Crippen LogP contribution in [-0.2, 0) is 11.4 Å². The Kier molecular flexibility index (Phi) is 14.0. The van der Waals surface area contributed by atoms with Crippen molar-refractivity contribution >= 4 is 90.6 Å². The van der Waals surface area contributed by atoms with E-state index in [2.05, 4.69) is 5.11 Å². The Morgan fingerprint density at radius 1 is 0.557 bits per heavy atom. The molecular weight excluding hydrogens is 920 g/mol. The minimum atomic E-state index is -0.288. The average Bonchev–Trinajstić information content (AvgIpc) is 3.64. The highest BCUT2D eigenvalue weighted by Crippen LogP contribution is 2.45. The molecule has 0 radical (unpaired) electrons. The van der Waals surface area contributed by atoms with Crippen molar-refractivity contribution in [1.82, 2.24) is 0 Å². The van der Waals surface area contributed by atoms with Gasteiger partial charge in [0.15, 0.2) is 17.3 Å². The maximum atomic E-state index is 14.5. The molecule has 1 aliphatic rings. The highest BCUT2D eigenvalue weighted by atomic mass is 35.5. The van der Waals surface area contributed by atoms with Crippen LogP contribution < -0.4 is 19.4 Å². The van der Waals surface area contributed by atoms with Crippen molar-refractivity contribution in [3.63, 3.8) is 0 Å². The fourth-order valence-electron chi connectivity index (χ4n) is 8.82. The number of hydrogen-bond acceptors (Lipinski definition) is 10. The predicted molar refractivity (Wildman–Crippen MR) is 281 cm³/mol. The molecule has 352 valence electrons. The van der Waals surface area contributed by atoms with Gasteiger partial charge in [0.2, 0.25) is 0 Å². The summed E-state index contributed by atoms with van der Waals surface area (Å²) in [6.07, 6.45) is 0. The zero-order chi connectivity index (χ0) is 49.1. The van der Waals surface area contributed by atoms with Crippen LogP contribution in [0.2, 0.25) is 10.0 Å². The standard InChI is InChI=1S/C57H50Cl2N6O5/c1-7-64(50-25-19-34(5)27-48(50)58)57(67)47-30-37-16-12-14-18-42(37)53(56(47)69-10-4)63-61-40-22-24-44-43-23-21-39(31-45(43)54(66)46(44)32-40)60-62-52-41-17-13-11-15-36(41)29-38(55(52)68-9-3)33-70-65(8-2)51-26-20-35(6)28-49(51)59/h11-32H,7-10,33H2,1-6H3. The Morgan fingerprint density at radius 2 is 1.09 bits per heavy atom. The van der Waals surface area contributed by atoms with Crippen LogP contribution in [0.15, 0.2) is 154 Å². The second-order valence-corrected chi connectivity index (χ2v) is 17.6.